The minimum atomic E-state index is -4.67. The molecule has 0 saturated heterocycles. The lowest BCUT2D eigenvalue weighted by Gasteiger charge is -2.11. The van der Waals surface area contributed by atoms with Gasteiger partial charge in [0.15, 0.2) is 0 Å². The molecule has 0 aliphatic carbocycles. The largest absolute Gasteiger partial charge is 0.494 e. The van der Waals surface area contributed by atoms with E-state index in [1.165, 1.54) is 26.4 Å². The van der Waals surface area contributed by atoms with Gasteiger partial charge < -0.3 is 20.9 Å². The third-order valence-electron chi connectivity index (χ3n) is 7.78. The van der Waals surface area contributed by atoms with Crippen molar-refractivity contribution in [3.63, 3.8) is 0 Å². The normalized spacial score (nSPS) is 12.3. The summed E-state index contributed by atoms with van der Waals surface area (Å²) in [5.41, 5.74) is 13.9. The Kier molecular flexibility index (Phi) is 8.94. The van der Waals surface area contributed by atoms with Crippen molar-refractivity contribution in [1.29, 1.82) is 0 Å². The smallest absolute Gasteiger partial charge is 0.297 e. The molecule has 0 unspecified atom stereocenters. The topological polar surface area (TPSA) is 229 Å². The van der Waals surface area contributed by atoms with Crippen molar-refractivity contribution >= 4 is 75.9 Å². The van der Waals surface area contributed by atoms with E-state index < -0.39 is 30.0 Å². The van der Waals surface area contributed by atoms with Gasteiger partial charge in [-0.15, -0.1) is 20.5 Å². The van der Waals surface area contributed by atoms with E-state index in [9.17, 15) is 25.9 Å². The molecule has 0 heterocycles. The standard InChI is InChI=1S/C34H28N6O8S2/c1-47-29-17-19(11-13-25(29)37-39-27-15-21-7-3-5-9-23(21)33(31(27)35)49(41,42)43)20-12-14-26(30(18-20)48-2)38-40-28-16-22-8-4-6-10-24(22)34(32(28)36)50(44,45)46/h3-18H,35-36H2,1-2H3,(H,41,42,43)(H,44,45,46)/b39-37+,40-38+. The van der Waals surface area contributed by atoms with Gasteiger partial charge in [-0.2, -0.15) is 16.8 Å². The summed E-state index contributed by atoms with van der Waals surface area (Å²) in [6.45, 7) is 0. The molecule has 16 heteroatoms. The molecule has 6 aromatic carbocycles. The lowest BCUT2D eigenvalue weighted by atomic mass is 10.0. The molecule has 6 aromatic rings. The predicted molar refractivity (Wildman–Crippen MR) is 190 cm³/mol. The van der Waals surface area contributed by atoms with Crippen molar-refractivity contribution < 1.29 is 35.4 Å². The van der Waals surface area contributed by atoms with Gasteiger partial charge in [0.2, 0.25) is 0 Å². The number of rotatable bonds is 9. The zero-order chi connectivity index (χ0) is 35.8. The van der Waals surface area contributed by atoms with E-state index in [2.05, 4.69) is 20.5 Å². The number of methoxy groups -OCH3 is 2. The van der Waals surface area contributed by atoms with Gasteiger partial charge in [-0.05, 0) is 58.3 Å². The van der Waals surface area contributed by atoms with Crippen LogP contribution < -0.4 is 20.9 Å². The molecule has 50 heavy (non-hydrogen) atoms. The minimum absolute atomic E-state index is 0.0385. The molecule has 0 aliphatic rings. The molecular weight excluding hydrogens is 685 g/mol. The molecule has 6 N–H and O–H groups in total. The number of hydrogen-bond donors (Lipinski definition) is 4. The fourth-order valence-corrected chi connectivity index (χ4v) is 7.14. The van der Waals surface area contributed by atoms with E-state index in [4.69, 9.17) is 20.9 Å². The fourth-order valence-electron chi connectivity index (χ4n) is 5.45. The van der Waals surface area contributed by atoms with Crippen LogP contribution >= 0.6 is 0 Å². The van der Waals surface area contributed by atoms with Gasteiger partial charge in [0.1, 0.15) is 44.0 Å². The Hall–Kier alpha value is -5.94. The van der Waals surface area contributed by atoms with Crippen LogP contribution in [-0.4, -0.2) is 40.2 Å². The van der Waals surface area contributed by atoms with E-state index in [-0.39, 0.29) is 33.5 Å². The highest BCUT2D eigenvalue weighted by molar-refractivity contribution is 7.86. The van der Waals surface area contributed by atoms with Gasteiger partial charge >= 0.3 is 0 Å². The van der Waals surface area contributed by atoms with Crippen LogP contribution in [0.5, 0.6) is 11.5 Å². The van der Waals surface area contributed by atoms with Crippen molar-refractivity contribution in [2.75, 3.05) is 25.7 Å². The molecule has 254 valence electrons. The molecule has 0 radical (unpaired) electrons. The van der Waals surface area contributed by atoms with Gasteiger partial charge in [0.05, 0.1) is 25.6 Å². The number of nitrogens with zero attached hydrogens (tertiary/aromatic N) is 4. The Morgan fingerprint density at radius 3 is 1.24 bits per heavy atom. The van der Waals surface area contributed by atoms with Crippen LogP contribution in [-0.2, 0) is 20.2 Å². The number of anilines is 2. The van der Waals surface area contributed by atoms with E-state index in [1.807, 2.05) is 0 Å². The first-order chi connectivity index (χ1) is 23.8. The Bertz CT molecular complexity index is 2430. The van der Waals surface area contributed by atoms with Crippen LogP contribution in [0, 0.1) is 0 Å². The summed E-state index contributed by atoms with van der Waals surface area (Å²) in [6.07, 6.45) is 0. The lowest BCUT2D eigenvalue weighted by Crippen LogP contribution is -2.04. The predicted octanol–water partition coefficient (Wildman–Crippen LogP) is 8.17. The molecule has 0 spiro atoms. The van der Waals surface area contributed by atoms with Gasteiger partial charge in [-0.3, -0.25) is 9.11 Å². The number of hydrogen-bond acceptors (Lipinski definition) is 12. The van der Waals surface area contributed by atoms with Crippen LogP contribution in [0.25, 0.3) is 32.7 Å². The van der Waals surface area contributed by atoms with Gasteiger partial charge in [0.25, 0.3) is 20.2 Å². The summed E-state index contributed by atoms with van der Waals surface area (Å²) in [7, 11) is -6.43. The quantitative estimate of drug-likeness (QED) is 0.0638. The van der Waals surface area contributed by atoms with Crippen LogP contribution in [0.2, 0.25) is 0 Å². The SMILES string of the molecule is COc1cc(-c2ccc(/N=N/c3cc4ccccc4c(S(=O)(=O)O)c3N)c(OC)c2)ccc1/N=N/c1cc2ccccc2c(S(=O)(=O)O)c1N. The number of benzene rings is 6. The first-order valence-corrected chi connectivity index (χ1v) is 17.5. The summed E-state index contributed by atoms with van der Waals surface area (Å²) >= 11 is 0. The summed E-state index contributed by atoms with van der Waals surface area (Å²) in [5, 5.41) is 18.3. The lowest BCUT2D eigenvalue weighted by molar-refractivity contribution is 0.415. The van der Waals surface area contributed by atoms with Crippen molar-refractivity contribution in [2.45, 2.75) is 9.79 Å². The molecule has 0 fully saturated rings. The summed E-state index contributed by atoms with van der Waals surface area (Å²) in [6, 6.07) is 26.4. The van der Waals surface area contributed by atoms with E-state index in [0.717, 1.165) is 0 Å². The zero-order valence-electron chi connectivity index (χ0n) is 26.3. The average Bonchev–Trinajstić information content (AvgIpc) is 3.08. The van der Waals surface area contributed by atoms with Crippen molar-refractivity contribution in [3.8, 4) is 22.6 Å². The average molecular weight is 713 g/mol. The second-order valence-electron chi connectivity index (χ2n) is 10.8. The summed E-state index contributed by atoms with van der Waals surface area (Å²) in [4.78, 5) is -0.903. The van der Waals surface area contributed by atoms with Crippen molar-refractivity contribution in [1.82, 2.24) is 0 Å². The van der Waals surface area contributed by atoms with Crippen LogP contribution in [0.1, 0.15) is 0 Å². The minimum Gasteiger partial charge on any atom is -0.494 e. The van der Waals surface area contributed by atoms with Gasteiger partial charge in [-0.1, -0.05) is 60.7 Å². The molecule has 0 bridgehead atoms. The maximum atomic E-state index is 12.2. The number of azo groups is 2. The van der Waals surface area contributed by atoms with E-state index in [1.54, 1.807) is 84.9 Å². The highest BCUT2D eigenvalue weighted by atomic mass is 32.2. The second kappa shape index (κ2) is 13.2. The van der Waals surface area contributed by atoms with Crippen LogP contribution in [0.4, 0.5) is 34.1 Å². The highest BCUT2D eigenvalue weighted by Gasteiger charge is 2.23. The second-order valence-corrected chi connectivity index (χ2v) is 13.6. The number of fused-ring (bicyclic) bond motifs is 2. The van der Waals surface area contributed by atoms with Crippen molar-refractivity contribution in [3.05, 3.63) is 97.1 Å². The molecule has 14 nitrogen and oxygen atoms in total. The first-order valence-electron chi connectivity index (χ1n) is 14.6. The number of nitrogens with two attached hydrogens (primary N) is 2. The fraction of sp³-hybridized carbons (Fsp3) is 0.0588. The molecule has 0 atom stereocenters. The van der Waals surface area contributed by atoms with Crippen LogP contribution in [0.3, 0.4) is 0 Å². The first kappa shape index (κ1) is 33.9. The highest BCUT2D eigenvalue weighted by Crippen LogP contribution is 2.42. The van der Waals surface area contributed by atoms with E-state index >= 15 is 0 Å². The molecule has 0 amide bonds. The Balaban J connectivity index is 1.32. The molecule has 0 aromatic heterocycles. The maximum absolute atomic E-state index is 12.2. The molecule has 6 rings (SSSR count). The van der Waals surface area contributed by atoms with Gasteiger partial charge in [0, 0.05) is 10.8 Å². The third kappa shape index (κ3) is 6.55. The molecule has 0 saturated carbocycles. The monoisotopic (exact) mass is 712 g/mol. The zero-order valence-corrected chi connectivity index (χ0v) is 28.0. The Morgan fingerprint density at radius 2 is 0.880 bits per heavy atom. The third-order valence-corrected chi connectivity index (χ3v) is 9.69. The van der Waals surface area contributed by atoms with Crippen LogP contribution in [0.15, 0.2) is 127 Å². The number of ether oxygens (including phenoxy) is 2. The molecular formula is C34H28N6O8S2. The number of nitrogen functional groups attached to an aromatic ring is 2. The van der Waals surface area contributed by atoms with Crippen molar-refractivity contribution in [2.24, 2.45) is 20.5 Å². The summed E-state index contributed by atoms with van der Waals surface area (Å²) < 4.78 is 79.5. The Labute approximate surface area is 286 Å². The molecule has 0 aliphatic heterocycles. The summed E-state index contributed by atoms with van der Waals surface area (Å²) in [5.74, 6) is 0.675. The van der Waals surface area contributed by atoms with E-state index in [0.29, 0.717) is 44.8 Å². The van der Waals surface area contributed by atoms with Gasteiger partial charge in [-0.25, -0.2) is 0 Å². The maximum Gasteiger partial charge on any atom is 0.297 e. The Morgan fingerprint density at radius 1 is 0.520 bits per heavy atom.